The minimum atomic E-state index is 0.0888. The first-order valence-electron chi connectivity index (χ1n) is 9.34. The fourth-order valence-corrected chi connectivity index (χ4v) is 3.74. The van der Waals surface area contributed by atoms with Gasteiger partial charge in [0.25, 0.3) is 0 Å². The number of aryl methyl sites for hydroxylation is 1. The van der Waals surface area contributed by atoms with Crippen LogP contribution in [0.2, 0.25) is 0 Å². The summed E-state index contributed by atoms with van der Waals surface area (Å²) in [5.74, 6) is 0.560. The van der Waals surface area contributed by atoms with E-state index < -0.39 is 0 Å². The number of hydrogen-bond donors (Lipinski definition) is 0. The topological polar surface area (TPSA) is 43.9 Å². The van der Waals surface area contributed by atoms with Crippen molar-refractivity contribution in [1.82, 2.24) is 14.7 Å². The second-order valence-corrected chi connectivity index (χ2v) is 7.39. The maximum atomic E-state index is 12.7. The van der Waals surface area contributed by atoms with Gasteiger partial charge in [-0.2, -0.15) is 0 Å². The molecule has 0 N–H and O–H groups in total. The summed E-state index contributed by atoms with van der Waals surface area (Å²) in [4.78, 5) is 31.4. The van der Waals surface area contributed by atoms with Crippen LogP contribution in [-0.2, 0) is 16.0 Å². The third kappa shape index (κ3) is 4.40. The monoisotopic (exact) mass is 343 g/mol. The van der Waals surface area contributed by atoms with Gasteiger partial charge in [0.2, 0.25) is 11.8 Å². The van der Waals surface area contributed by atoms with Gasteiger partial charge < -0.3 is 14.7 Å². The van der Waals surface area contributed by atoms with Gasteiger partial charge in [-0.15, -0.1) is 0 Å². The van der Waals surface area contributed by atoms with Crippen molar-refractivity contribution in [2.75, 3.05) is 46.3 Å². The fraction of sp³-hybridized carbons (Fsp3) is 0.600. The number of likely N-dealkylation sites (tertiary alicyclic amines) is 1. The lowest BCUT2D eigenvalue weighted by atomic mass is 9.94. The molecule has 3 rings (SSSR count). The van der Waals surface area contributed by atoms with E-state index in [1.807, 2.05) is 41.0 Å². The van der Waals surface area contributed by atoms with E-state index in [1.54, 1.807) is 0 Å². The van der Waals surface area contributed by atoms with Crippen LogP contribution in [-0.4, -0.2) is 72.8 Å². The Balaban J connectivity index is 1.49. The number of carbonyl (C=O) groups is 2. The van der Waals surface area contributed by atoms with E-state index in [0.29, 0.717) is 25.4 Å². The van der Waals surface area contributed by atoms with Crippen LogP contribution in [0.3, 0.4) is 0 Å². The van der Waals surface area contributed by atoms with E-state index in [-0.39, 0.29) is 11.8 Å². The molecule has 2 aliphatic heterocycles. The molecule has 0 saturated carbocycles. The van der Waals surface area contributed by atoms with Gasteiger partial charge in [0.15, 0.2) is 0 Å². The second kappa shape index (κ2) is 8.00. The highest BCUT2D eigenvalue weighted by Gasteiger charge is 2.31. The van der Waals surface area contributed by atoms with Crippen molar-refractivity contribution >= 4 is 11.8 Å². The van der Waals surface area contributed by atoms with Crippen molar-refractivity contribution in [3.8, 4) is 0 Å². The molecule has 25 heavy (non-hydrogen) atoms. The molecular formula is C20H29N3O2. The Morgan fingerprint density at radius 2 is 1.60 bits per heavy atom. The zero-order chi connectivity index (χ0) is 17.8. The lowest BCUT2D eigenvalue weighted by molar-refractivity contribution is -0.141. The molecule has 0 aromatic heterocycles. The molecule has 136 valence electrons. The van der Waals surface area contributed by atoms with Crippen molar-refractivity contribution in [2.24, 2.45) is 5.92 Å². The van der Waals surface area contributed by atoms with Crippen LogP contribution in [0.25, 0.3) is 0 Å². The van der Waals surface area contributed by atoms with Gasteiger partial charge in [0.1, 0.15) is 0 Å². The third-order valence-corrected chi connectivity index (χ3v) is 5.61. The van der Waals surface area contributed by atoms with Crippen LogP contribution in [0.1, 0.15) is 24.0 Å². The van der Waals surface area contributed by atoms with Crippen LogP contribution in [0.5, 0.6) is 0 Å². The molecule has 0 spiro atoms. The lowest BCUT2D eigenvalue weighted by Crippen LogP contribution is -2.51. The smallest absolute Gasteiger partial charge is 0.226 e. The Labute approximate surface area is 150 Å². The van der Waals surface area contributed by atoms with Crippen LogP contribution in [0.15, 0.2) is 24.3 Å². The normalized spacial score (nSPS) is 19.9. The quantitative estimate of drug-likeness (QED) is 0.836. The van der Waals surface area contributed by atoms with E-state index in [4.69, 9.17) is 0 Å². The summed E-state index contributed by atoms with van der Waals surface area (Å²) >= 11 is 0. The highest BCUT2D eigenvalue weighted by Crippen LogP contribution is 2.21. The van der Waals surface area contributed by atoms with Crippen molar-refractivity contribution in [3.05, 3.63) is 35.4 Å². The summed E-state index contributed by atoms with van der Waals surface area (Å²) in [5, 5.41) is 0. The number of amides is 2. The molecule has 1 aromatic rings. The summed E-state index contributed by atoms with van der Waals surface area (Å²) in [6.45, 7) is 7.04. The average molecular weight is 343 g/mol. The number of nitrogens with zero attached hydrogens (tertiary/aromatic N) is 3. The van der Waals surface area contributed by atoms with Gasteiger partial charge in [0.05, 0.1) is 6.42 Å². The SMILES string of the molecule is Cc1ccccc1CC(=O)N1CCC(C(=O)N2CCN(C)CC2)CC1. The lowest BCUT2D eigenvalue weighted by Gasteiger charge is -2.37. The predicted octanol–water partition coefficient (Wildman–Crippen LogP) is 1.55. The summed E-state index contributed by atoms with van der Waals surface area (Å²) < 4.78 is 0. The van der Waals surface area contributed by atoms with E-state index >= 15 is 0 Å². The molecule has 2 aliphatic rings. The molecule has 2 amide bonds. The van der Waals surface area contributed by atoms with Crippen molar-refractivity contribution in [1.29, 1.82) is 0 Å². The predicted molar refractivity (Wildman–Crippen MR) is 98.3 cm³/mol. The zero-order valence-corrected chi connectivity index (χ0v) is 15.4. The summed E-state index contributed by atoms with van der Waals surface area (Å²) in [6, 6.07) is 8.05. The Kier molecular flexibility index (Phi) is 5.74. The molecule has 2 heterocycles. The number of hydrogen-bond acceptors (Lipinski definition) is 3. The van der Waals surface area contributed by atoms with Crippen LogP contribution < -0.4 is 0 Å². The average Bonchev–Trinajstić information content (AvgIpc) is 2.64. The van der Waals surface area contributed by atoms with Crippen molar-refractivity contribution < 1.29 is 9.59 Å². The van der Waals surface area contributed by atoms with E-state index in [9.17, 15) is 9.59 Å². The maximum absolute atomic E-state index is 12.7. The molecule has 2 saturated heterocycles. The van der Waals surface area contributed by atoms with E-state index in [0.717, 1.165) is 50.1 Å². The van der Waals surface area contributed by atoms with Gasteiger partial charge in [0, 0.05) is 45.2 Å². The van der Waals surface area contributed by atoms with Crippen molar-refractivity contribution in [3.63, 3.8) is 0 Å². The molecule has 0 atom stereocenters. The molecule has 0 unspecified atom stereocenters. The first-order chi connectivity index (χ1) is 12.0. The molecular weight excluding hydrogens is 314 g/mol. The summed E-state index contributed by atoms with van der Waals surface area (Å²) in [7, 11) is 2.10. The molecule has 0 radical (unpaired) electrons. The molecule has 0 aliphatic carbocycles. The molecule has 0 bridgehead atoms. The molecule has 5 heteroatoms. The number of rotatable bonds is 3. The maximum Gasteiger partial charge on any atom is 0.226 e. The van der Waals surface area contributed by atoms with E-state index in [1.165, 1.54) is 0 Å². The van der Waals surface area contributed by atoms with Gasteiger partial charge >= 0.3 is 0 Å². The van der Waals surface area contributed by atoms with Gasteiger partial charge in [-0.05, 0) is 37.9 Å². The van der Waals surface area contributed by atoms with Crippen molar-refractivity contribution in [2.45, 2.75) is 26.2 Å². The second-order valence-electron chi connectivity index (χ2n) is 7.39. The largest absolute Gasteiger partial charge is 0.342 e. The summed E-state index contributed by atoms with van der Waals surface area (Å²) in [5.41, 5.74) is 2.26. The van der Waals surface area contributed by atoms with Crippen LogP contribution in [0.4, 0.5) is 0 Å². The highest BCUT2D eigenvalue weighted by molar-refractivity contribution is 5.81. The third-order valence-electron chi connectivity index (χ3n) is 5.61. The fourth-order valence-electron chi connectivity index (χ4n) is 3.74. The van der Waals surface area contributed by atoms with Gasteiger partial charge in [-0.1, -0.05) is 24.3 Å². The Hall–Kier alpha value is -1.88. The Morgan fingerprint density at radius 1 is 0.960 bits per heavy atom. The van der Waals surface area contributed by atoms with Gasteiger partial charge in [-0.3, -0.25) is 9.59 Å². The summed E-state index contributed by atoms with van der Waals surface area (Å²) in [6.07, 6.45) is 2.05. The minimum Gasteiger partial charge on any atom is -0.342 e. The Morgan fingerprint density at radius 3 is 2.24 bits per heavy atom. The first-order valence-corrected chi connectivity index (χ1v) is 9.34. The number of benzene rings is 1. The minimum absolute atomic E-state index is 0.0888. The van der Waals surface area contributed by atoms with Crippen LogP contribution >= 0.6 is 0 Å². The highest BCUT2D eigenvalue weighted by atomic mass is 16.2. The number of carbonyl (C=O) groups excluding carboxylic acids is 2. The number of piperidine rings is 1. The molecule has 5 nitrogen and oxygen atoms in total. The Bertz CT molecular complexity index is 615. The first kappa shape index (κ1) is 17.9. The number of likely N-dealkylation sites (N-methyl/N-ethyl adjacent to an activating group) is 1. The standard InChI is InChI=1S/C20H29N3O2/c1-16-5-3-4-6-18(16)15-19(24)22-9-7-17(8-10-22)20(25)23-13-11-21(2)12-14-23/h3-6,17H,7-15H2,1-2H3. The molecule has 1 aromatic carbocycles. The number of piperazine rings is 1. The van der Waals surface area contributed by atoms with Crippen LogP contribution in [0, 0.1) is 12.8 Å². The van der Waals surface area contributed by atoms with Gasteiger partial charge in [-0.25, -0.2) is 0 Å². The molecule has 2 fully saturated rings. The van der Waals surface area contributed by atoms with E-state index in [2.05, 4.69) is 11.9 Å². The zero-order valence-electron chi connectivity index (χ0n) is 15.4.